The molecule has 92 valence electrons. The quantitative estimate of drug-likeness (QED) is 0.868. The average Bonchev–Trinajstić information content (AvgIpc) is 2.55. The van der Waals surface area contributed by atoms with E-state index in [4.69, 9.17) is 0 Å². The minimum atomic E-state index is -0.824. The summed E-state index contributed by atoms with van der Waals surface area (Å²) in [5.41, 5.74) is 0.939. The summed E-state index contributed by atoms with van der Waals surface area (Å²) in [5, 5.41) is 10.5. The molecule has 0 aliphatic carbocycles. The van der Waals surface area contributed by atoms with Gasteiger partial charge in [0.05, 0.1) is 11.1 Å². The third kappa shape index (κ3) is 2.34. The van der Waals surface area contributed by atoms with E-state index in [0.29, 0.717) is 11.8 Å². The summed E-state index contributed by atoms with van der Waals surface area (Å²) in [6, 6.07) is 5.10. The van der Waals surface area contributed by atoms with E-state index in [-0.39, 0.29) is 5.82 Å². The molecular weight excluding hydrogens is 217 g/mol. The summed E-state index contributed by atoms with van der Waals surface area (Å²) in [4.78, 5) is 0. The van der Waals surface area contributed by atoms with E-state index < -0.39 is 5.60 Å². The van der Waals surface area contributed by atoms with Gasteiger partial charge in [-0.25, -0.2) is 4.39 Å². The maximum Gasteiger partial charge on any atom is 0.132 e. The van der Waals surface area contributed by atoms with E-state index in [0.717, 1.165) is 17.6 Å². The predicted molar refractivity (Wildman–Crippen MR) is 67.6 cm³/mol. The second kappa shape index (κ2) is 4.15. The Morgan fingerprint density at radius 2 is 2.06 bits per heavy atom. The van der Waals surface area contributed by atoms with Gasteiger partial charge in [0.25, 0.3) is 0 Å². The van der Waals surface area contributed by atoms with Crippen LogP contribution >= 0.6 is 0 Å². The Kier molecular flexibility index (Phi) is 2.96. The van der Waals surface area contributed by atoms with Crippen LogP contribution in [-0.4, -0.2) is 15.3 Å². The van der Waals surface area contributed by atoms with Crippen molar-refractivity contribution in [3.05, 3.63) is 35.8 Å². The van der Waals surface area contributed by atoms with Crippen molar-refractivity contribution >= 4 is 10.9 Å². The zero-order chi connectivity index (χ0) is 12.6. The summed E-state index contributed by atoms with van der Waals surface area (Å²) >= 11 is 0. The van der Waals surface area contributed by atoms with Gasteiger partial charge in [-0.1, -0.05) is 6.07 Å². The molecule has 0 saturated heterocycles. The zero-order valence-electron chi connectivity index (χ0n) is 10.5. The van der Waals surface area contributed by atoms with E-state index in [9.17, 15) is 9.50 Å². The Balaban J connectivity index is 2.63. The fourth-order valence-electron chi connectivity index (χ4n) is 2.25. The van der Waals surface area contributed by atoms with Crippen LogP contribution in [-0.2, 0) is 13.0 Å². The summed E-state index contributed by atoms with van der Waals surface area (Å²) in [6.07, 6.45) is 2.39. The number of fused-ring (bicyclic) bond motifs is 1. The topological polar surface area (TPSA) is 25.2 Å². The number of aromatic nitrogens is 1. The molecule has 1 aromatic carbocycles. The number of rotatable bonds is 3. The van der Waals surface area contributed by atoms with Gasteiger partial charge in [-0.3, -0.25) is 0 Å². The summed E-state index contributed by atoms with van der Waals surface area (Å²) in [5.74, 6) is -0.214. The molecular formula is C14H18FNO. The van der Waals surface area contributed by atoms with Crippen LogP contribution in [0.3, 0.4) is 0 Å². The average molecular weight is 235 g/mol. The van der Waals surface area contributed by atoms with Gasteiger partial charge in [0.2, 0.25) is 0 Å². The molecule has 0 spiro atoms. The van der Waals surface area contributed by atoms with Gasteiger partial charge < -0.3 is 9.67 Å². The maximum absolute atomic E-state index is 13.9. The Morgan fingerprint density at radius 3 is 2.65 bits per heavy atom. The Morgan fingerprint density at radius 1 is 1.35 bits per heavy atom. The summed E-state index contributed by atoms with van der Waals surface area (Å²) in [6.45, 7) is 6.30. The molecule has 1 heterocycles. The molecule has 1 N–H and O–H groups in total. The van der Waals surface area contributed by atoms with Crippen molar-refractivity contribution in [3.63, 3.8) is 0 Å². The van der Waals surface area contributed by atoms with Crippen molar-refractivity contribution < 1.29 is 9.50 Å². The fourth-order valence-corrected chi connectivity index (χ4v) is 2.25. The first-order chi connectivity index (χ1) is 7.92. The Hall–Kier alpha value is -1.35. The number of benzene rings is 1. The summed E-state index contributed by atoms with van der Waals surface area (Å²) < 4.78 is 15.9. The van der Waals surface area contributed by atoms with Gasteiger partial charge >= 0.3 is 0 Å². The first-order valence-electron chi connectivity index (χ1n) is 5.91. The van der Waals surface area contributed by atoms with Gasteiger partial charge in [0.15, 0.2) is 0 Å². The third-order valence-corrected chi connectivity index (χ3v) is 2.90. The standard InChI is InChI=1S/C14H18FNO/c1-4-16-9-10(8-14(2,3)17)13-11(15)6-5-7-12(13)16/h5-7,9,17H,4,8H2,1-3H3. The number of nitrogens with zero attached hydrogens (tertiary/aromatic N) is 1. The highest BCUT2D eigenvalue weighted by Crippen LogP contribution is 2.27. The molecule has 0 bridgehead atoms. The van der Waals surface area contributed by atoms with Crippen LogP contribution in [0.25, 0.3) is 10.9 Å². The van der Waals surface area contributed by atoms with E-state index in [1.165, 1.54) is 6.07 Å². The molecule has 2 rings (SSSR count). The largest absolute Gasteiger partial charge is 0.390 e. The van der Waals surface area contributed by atoms with Crippen LogP contribution < -0.4 is 0 Å². The van der Waals surface area contributed by atoms with E-state index in [1.54, 1.807) is 19.9 Å². The number of hydrogen-bond donors (Lipinski definition) is 1. The second-order valence-electron chi connectivity index (χ2n) is 5.06. The van der Waals surface area contributed by atoms with E-state index in [1.807, 2.05) is 23.8 Å². The van der Waals surface area contributed by atoms with Crippen molar-refractivity contribution in [1.82, 2.24) is 4.57 Å². The van der Waals surface area contributed by atoms with Gasteiger partial charge in [0.1, 0.15) is 5.82 Å². The fraction of sp³-hybridized carbons (Fsp3) is 0.429. The van der Waals surface area contributed by atoms with Gasteiger partial charge in [-0.15, -0.1) is 0 Å². The van der Waals surface area contributed by atoms with Gasteiger partial charge in [-0.2, -0.15) is 0 Å². The van der Waals surface area contributed by atoms with Crippen LogP contribution in [0.1, 0.15) is 26.3 Å². The molecule has 0 saturated carbocycles. The van der Waals surface area contributed by atoms with Crippen molar-refractivity contribution in [1.29, 1.82) is 0 Å². The Bertz CT molecular complexity index is 537. The zero-order valence-corrected chi connectivity index (χ0v) is 10.5. The lowest BCUT2D eigenvalue weighted by molar-refractivity contribution is 0.0812. The Labute approximate surface area is 101 Å². The number of aliphatic hydroxyl groups is 1. The van der Waals surface area contributed by atoms with Gasteiger partial charge in [0, 0.05) is 24.5 Å². The highest BCUT2D eigenvalue weighted by atomic mass is 19.1. The molecule has 1 aromatic heterocycles. The molecule has 0 unspecified atom stereocenters. The first kappa shape index (κ1) is 12.1. The number of aryl methyl sites for hydroxylation is 1. The molecule has 0 atom stereocenters. The minimum Gasteiger partial charge on any atom is -0.390 e. The highest BCUT2D eigenvalue weighted by molar-refractivity contribution is 5.84. The monoisotopic (exact) mass is 235 g/mol. The molecule has 0 radical (unpaired) electrons. The first-order valence-corrected chi connectivity index (χ1v) is 5.91. The highest BCUT2D eigenvalue weighted by Gasteiger charge is 2.19. The molecule has 0 amide bonds. The lowest BCUT2D eigenvalue weighted by atomic mass is 9.98. The van der Waals surface area contributed by atoms with Crippen LogP contribution in [0.2, 0.25) is 0 Å². The molecule has 2 nitrogen and oxygen atoms in total. The summed E-state index contributed by atoms with van der Waals surface area (Å²) in [7, 11) is 0. The molecule has 3 heteroatoms. The smallest absolute Gasteiger partial charge is 0.132 e. The van der Waals surface area contributed by atoms with Crippen molar-refractivity contribution in [2.75, 3.05) is 0 Å². The normalized spacial score (nSPS) is 12.3. The lowest BCUT2D eigenvalue weighted by Gasteiger charge is -2.16. The minimum absolute atomic E-state index is 0.214. The maximum atomic E-state index is 13.9. The van der Waals surface area contributed by atoms with Crippen LogP contribution in [0.15, 0.2) is 24.4 Å². The van der Waals surface area contributed by atoms with E-state index in [2.05, 4.69) is 0 Å². The van der Waals surface area contributed by atoms with Crippen LogP contribution in [0.4, 0.5) is 4.39 Å². The number of halogens is 1. The molecule has 0 fully saturated rings. The predicted octanol–water partition coefficient (Wildman–Crippen LogP) is 3.11. The van der Waals surface area contributed by atoms with Gasteiger partial charge in [-0.05, 0) is 38.5 Å². The third-order valence-electron chi connectivity index (χ3n) is 2.90. The van der Waals surface area contributed by atoms with Crippen LogP contribution in [0.5, 0.6) is 0 Å². The molecule has 0 aliphatic heterocycles. The molecule has 17 heavy (non-hydrogen) atoms. The van der Waals surface area contributed by atoms with Crippen LogP contribution in [0, 0.1) is 5.82 Å². The van der Waals surface area contributed by atoms with E-state index >= 15 is 0 Å². The lowest BCUT2D eigenvalue weighted by Crippen LogP contribution is -2.21. The molecule has 0 aliphatic rings. The van der Waals surface area contributed by atoms with Crippen molar-refractivity contribution in [2.24, 2.45) is 0 Å². The SMILES string of the molecule is CCn1cc(CC(C)(C)O)c2c(F)cccc21. The molecule has 2 aromatic rings. The second-order valence-corrected chi connectivity index (χ2v) is 5.06. The van der Waals surface area contributed by atoms with Crippen molar-refractivity contribution in [3.8, 4) is 0 Å². The number of hydrogen-bond acceptors (Lipinski definition) is 1. The van der Waals surface area contributed by atoms with Crippen molar-refractivity contribution in [2.45, 2.75) is 39.3 Å².